The van der Waals surface area contributed by atoms with Gasteiger partial charge in [0.25, 0.3) is 0 Å². The molecule has 2 heterocycles. The second kappa shape index (κ2) is 5.25. The number of rotatable bonds is 3. The zero-order valence-corrected chi connectivity index (χ0v) is 9.76. The quantitative estimate of drug-likeness (QED) is 0.834. The molecule has 1 N–H and O–H groups in total. The molecule has 2 aromatic heterocycles. The molecule has 0 amide bonds. The molecule has 2 aromatic rings. The van der Waals surface area contributed by atoms with Crippen molar-refractivity contribution in [2.75, 3.05) is 0 Å². The minimum atomic E-state index is -1.03. The molecule has 0 aliphatic heterocycles. The number of hydrogen-bond acceptors (Lipinski definition) is 6. The van der Waals surface area contributed by atoms with Crippen LogP contribution in [0, 0.1) is 11.3 Å². The predicted molar refractivity (Wildman–Crippen MR) is 62.1 cm³/mol. The number of hydrogen-bond donors (Lipinski definition) is 1. The molecule has 0 fully saturated rings. The van der Waals surface area contributed by atoms with E-state index in [-0.39, 0.29) is 11.3 Å². The summed E-state index contributed by atoms with van der Waals surface area (Å²) in [6, 6.07) is 6.44. The summed E-state index contributed by atoms with van der Waals surface area (Å²) in [6.45, 7) is 0. The summed E-state index contributed by atoms with van der Waals surface area (Å²) in [7, 11) is 0. The lowest BCUT2D eigenvalue weighted by Crippen LogP contribution is -1.97. The fraction of sp³-hybridized carbons (Fsp3) is 0. The van der Waals surface area contributed by atoms with Crippen LogP contribution >= 0.6 is 11.8 Å². The summed E-state index contributed by atoms with van der Waals surface area (Å²) in [5, 5.41) is 18.4. The molecular formula is C11H6N4O2S. The van der Waals surface area contributed by atoms with Crippen LogP contribution in [0.3, 0.4) is 0 Å². The molecule has 6 nitrogen and oxygen atoms in total. The van der Waals surface area contributed by atoms with E-state index in [1.807, 2.05) is 6.07 Å². The first kappa shape index (κ1) is 12.0. The van der Waals surface area contributed by atoms with Gasteiger partial charge >= 0.3 is 5.97 Å². The van der Waals surface area contributed by atoms with E-state index in [1.54, 1.807) is 6.07 Å². The first-order valence-corrected chi connectivity index (χ1v) is 5.61. The van der Waals surface area contributed by atoms with Gasteiger partial charge in [0.05, 0.1) is 5.56 Å². The van der Waals surface area contributed by atoms with Gasteiger partial charge < -0.3 is 5.11 Å². The van der Waals surface area contributed by atoms with Crippen molar-refractivity contribution in [3.8, 4) is 6.07 Å². The van der Waals surface area contributed by atoms with Gasteiger partial charge in [-0.15, -0.1) is 0 Å². The van der Waals surface area contributed by atoms with E-state index in [1.165, 1.54) is 24.5 Å². The van der Waals surface area contributed by atoms with E-state index in [0.29, 0.717) is 10.2 Å². The zero-order chi connectivity index (χ0) is 13.0. The summed E-state index contributed by atoms with van der Waals surface area (Å²) in [4.78, 5) is 22.6. The van der Waals surface area contributed by atoms with E-state index in [2.05, 4.69) is 15.0 Å². The van der Waals surface area contributed by atoms with Crippen LogP contribution in [0.4, 0.5) is 0 Å². The molecule has 0 saturated carbocycles. The van der Waals surface area contributed by atoms with Crippen molar-refractivity contribution in [1.82, 2.24) is 15.0 Å². The summed E-state index contributed by atoms with van der Waals surface area (Å²) in [5.74, 6) is -1.03. The molecule has 0 spiro atoms. The highest BCUT2D eigenvalue weighted by Crippen LogP contribution is 2.22. The third kappa shape index (κ3) is 2.81. The SMILES string of the molecule is N#Cc1ccnc(Sc2ccc(C(=O)O)cn2)n1. The maximum Gasteiger partial charge on any atom is 0.337 e. The van der Waals surface area contributed by atoms with Crippen molar-refractivity contribution >= 4 is 17.7 Å². The average Bonchev–Trinajstić information content (AvgIpc) is 2.39. The number of carboxylic acids is 1. The second-order valence-electron chi connectivity index (χ2n) is 3.13. The second-order valence-corrected chi connectivity index (χ2v) is 4.12. The van der Waals surface area contributed by atoms with E-state index in [4.69, 9.17) is 10.4 Å². The van der Waals surface area contributed by atoms with Crippen LogP contribution in [-0.4, -0.2) is 26.0 Å². The fourth-order valence-corrected chi connectivity index (χ4v) is 1.80. The lowest BCUT2D eigenvalue weighted by molar-refractivity contribution is 0.0696. The first-order valence-electron chi connectivity index (χ1n) is 4.79. The Morgan fingerprint density at radius 2 is 2.17 bits per heavy atom. The molecule has 7 heteroatoms. The van der Waals surface area contributed by atoms with Crippen LogP contribution < -0.4 is 0 Å². The molecule has 0 aromatic carbocycles. The Morgan fingerprint density at radius 1 is 1.33 bits per heavy atom. The van der Waals surface area contributed by atoms with Gasteiger partial charge in [0.1, 0.15) is 16.8 Å². The van der Waals surface area contributed by atoms with E-state index < -0.39 is 5.97 Å². The average molecular weight is 258 g/mol. The summed E-state index contributed by atoms with van der Waals surface area (Å²) in [5.41, 5.74) is 0.390. The Kier molecular flexibility index (Phi) is 3.50. The molecule has 0 aliphatic carbocycles. The minimum Gasteiger partial charge on any atom is -0.478 e. The topological polar surface area (TPSA) is 99.8 Å². The molecule has 2 rings (SSSR count). The number of carbonyl (C=O) groups is 1. The molecule has 0 atom stereocenters. The van der Waals surface area contributed by atoms with Crippen molar-refractivity contribution in [3.05, 3.63) is 41.9 Å². The van der Waals surface area contributed by atoms with Gasteiger partial charge in [-0.05, 0) is 30.0 Å². The Balaban J connectivity index is 2.18. The molecule has 0 bridgehead atoms. The van der Waals surface area contributed by atoms with Crippen LogP contribution in [0.15, 0.2) is 40.8 Å². The van der Waals surface area contributed by atoms with Gasteiger partial charge in [-0.3, -0.25) is 0 Å². The molecule has 0 radical (unpaired) electrons. The van der Waals surface area contributed by atoms with Gasteiger partial charge in [0.2, 0.25) is 0 Å². The van der Waals surface area contributed by atoms with Crippen molar-refractivity contribution in [3.63, 3.8) is 0 Å². The number of carboxylic acid groups (broad SMARTS) is 1. The lowest BCUT2D eigenvalue weighted by atomic mass is 10.3. The van der Waals surface area contributed by atoms with Gasteiger partial charge in [-0.1, -0.05) is 0 Å². The summed E-state index contributed by atoms with van der Waals surface area (Å²) < 4.78 is 0. The Labute approximate surface area is 106 Å². The van der Waals surface area contributed by atoms with Crippen LogP contribution in [0.1, 0.15) is 16.1 Å². The first-order chi connectivity index (χ1) is 8.69. The summed E-state index contributed by atoms with van der Waals surface area (Å²) >= 11 is 1.16. The van der Waals surface area contributed by atoms with Crippen LogP contribution in [0.2, 0.25) is 0 Å². The number of aromatic carboxylic acids is 1. The van der Waals surface area contributed by atoms with Crippen molar-refractivity contribution in [2.24, 2.45) is 0 Å². The largest absolute Gasteiger partial charge is 0.478 e. The van der Waals surface area contributed by atoms with Gasteiger partial charge in [-0.25, -0.2) is 19.7 Å². The Bertz CT molecular complexity index is 622. The number of aromatic nitrogens is 3. The molecule has 0 unspecified atom stereocenters. The summed E-state index contributed by atoms with van der Waals surface area (Å²) in [6.07, 6.45) is 2.75. The highest BCUT2D eigenvalue weighted by molar-refractivity contribution is 7.99. The molecule has 18 heavy (non-hydrogen) atoms. The van der Waals surface area contributed by atoms with Gasteiger partial charge in [-0.2, -0.15) is 5.26 Å². The van der Waals surface area contributed by atoms with E-state index in [9.17, 15) is 4.79 Å². The smallest absolute Gasteiger partial charge is 0.337 e. The van der Waals surface area contributed by atoms with E-state index in [0.717, 1.165) is 11.8 Å². The fourth-order valence-electron chi connectivity index (χ4n) is 1.11. The van der Waals surface area contributed by atoms with Crippen LogP contribution in [0.5, 0.6) is 0 Å². The maximum atomic E-state index is 10.6. The molecule has 0 saturated heterocycles. The molecule has 0 aliphatic rings. The Morgan fingerprint density at radius 3 is 2.78 bits per heavy atom. The zero-order valence-electron chi connectivity index (χ0n) is 8.94. The standard InChI is InChI=1S/C11H6N4O2S/c12-5-8-3-4-13-11(15-8)18-9-2-1-7(6-14-9)10(16)17/h1-4,6H,(H,16,17). The van der Waals surface area contributed by atoms with Crippen LogP contribution in [0.25, 0.3) is 0 Å². The lowest BCUT2D eigenvalue weighted by Gasteiger charge is -1.99. The van der Waals surface area contributed by atoms with E-state index >= 15 is 0 Å². The maximum absolute atomic E-state index is 10.6. The third-order valence-electron chi connectivity index (χ3n) is 1.93. The van der Waals surface area contributed by atoms with Crippen molar-refractivity contribution in [2.45, 2.75) is 10.2 Å². The van der Waals surface area contributed by atoms with Gasteiger partial charge in [0.15, 0.2) is 5.16 Å². The third-order valence-corrected chi connectivity index (χ3v) is 2.76. The number of nitriles is 1. The van der Waals surface area contributed by atoms with Crippen LogP contribution in [-0.2, 0) is 0 Å². The normalized spacial score (nSPS) is 9.72. The number of pyridine rings is 1. The monoisotopic (exact) mass is 258 g/mol. The number of nitrogens with zero attached hydrogens (tertiary/aromatic N) is 4. The highest BCUT2D eigenvalue weighted by atomic mass is 32.2. The predicted octanol–water partition coefficient (Wildman–Crippen LogP) is 1.59. The van der Waals surface area contributed by atoms with Gasteiger partial charge in [0, 0.05) is 12.4 Å². The molecule has 88 valence electrons. The highest BCUT2D eigenvalue weighted by Gasteiger charge is 2.06. The molecular weight excluding hydrogens is 252 g/mol. The minimum absolute atomic E-state index is 0.117. The van der Waals surface area contributed by atoms with Crippen molar-refractivity contribution in [1.29, 1.82) is 5.26 Å². The Hall–Kier alpha value is -2.46. The van der Waals surface area contributed by atoms with Crippen molar-refractivity contribution < 1.29 is 9.90 Å².